The van der Waals surface area contributed by atoms with Crippen LogP contribution in [0.5, 0.6) is 0 Å². The standard InChI is InChI=1S/C17H21ClN4.HI/c1-19-17(21-12-10-15-8-5-6-11-20-15)22(2)13-14-7-3-4-9-16(14)18;/h3-9,11H,10,12-13H2,1-2H3,(H,19,21);1H. The Kier molecular flexibility index (Phi) is 8.94. The van der Waals surface area contributed by atoms with Crippen LogP contribution in [0.4, 0.5) is 0 Å². The lowest BCUT2D eigenvalue weighted by Gasteiger charge is -2.22. The highest BCUT2D eigenvalue weighted by Gasteiger charge is 2.08. The topological polar surface area (TPSA) is 40.5 Å². The molecule has 2 rings (SSSR count). The van der Waals surface area contributed by atoms with Gasteiger partial charge in [-0.1, -0.05) is 35.9 Å². The molecule has 23 heavy (non-hydrogen) atoms. The summed E-state index contributed by atoms with van der Waals surface area (Å²) >= 11 is 6.21. The lowest BCUT2D eigenvalue weighted by Crippen LogP contribution is -2.39. The summed E-state index contributed by atoms with van der Waals surface area (Å²) in [5.74, 6) is 0.843. The zero-order chi connectivity index (χ0) is 15.8. The van der Waals surface area contributed by atoms with Crippen molar-refractivity contribution in [1.82, 2.24) is 15.2 Å². The van der Waals surface area contributed by atoms with Crippen LogP contribution in [0, 0.1) is 0 Å². The first kappa shape index (κ1) is 19.7. The molecule has 1 aromatic heterocycles. The molecule has 1 heterocycles. The number of hydrogen-bond acceptors (Lipinski definition) is 2. The maximum Gasteiger partial charge on any atom is 0.193 e. The third kappa shape index (κ3) is 6.35. The van der Waals surface area contributed by atoms with Crippen molar-refractivity contribution >= 4 is 41.5 Å². The summed E-state index contributed by atoms with van der Waals surface area (Å²) in [6, 6.07) is 13.8. The number of aliphatic imine (C=N–C) groups is 1. The maximum absolute atomic E-state index is 6.21. The molecule has 0 fully saturated rings. The van der Waals surface area contributed by atoms with Crippen LogP contribution < -0.4 is 5.32 Å². The summed E-state index contributed by atoms with van der Waals surface area (Å²) < 4.78 is 0. The molecular formula is C17H22ClIN4. The second kappa shape index (κ2) is 10.4. The van der Waals surface area contributed by atoms with Gasteiger partial charge in [-0.3, -0.25) is 9.98 Å². The average Bonchev–Trinajstić information content (AvgIpc) is 2.54. The third-order valence-corrected chi connectivity index (χ3v) is 3.70. The molecule has 0 aliphatic rings. The summed E-state index contributed by atoms with van der Waals surface area (Å²) in [7, 11) is 3.78. The van der Waals surface area contributed by atoms with Crippen LogP contribution in [0.2, 0.25) is 5.02 Å². The van der Waals surface area contributed by atoms with Gasteiger partial charge in [0.15, 0.2) is 5.96 Å². The van der Waals surface area contributed by atoms with Crippen molar-refractivity contribution in [1.29, 1.82) is 0 Å². The van der Waals surface area contributed by atoms with E-state index in [0.717, 1.165) is 35.2 Å². The fraction of sp³-hybridized carbons (Fsp3) is 0.294. The molecule has 0 aliphatic heterocycles. The smallest absolute Gasteiger partial charge is 0.193 e. The highest BCUT2D eigenvalue weighted by atomic mass is 127. The van der Waals surface area contributed by atoms with E-state index in [2.05, 4.69) is 20.2 Å². The molecule has 0 aliphatic carbocycles. The Morgan fingerprint density at radius 2 is 1.96 bits per heavy atom. The Hall–Kier alpha value is -1.34. The first-order valence-corrected chi connectivity index (χ1v) is 7.63. The Morgan fingerprint density at radius 1 is 1.22 bits per heavy atom. The van der Waals surface area contributed by atoms with Gasteiger partial charge in [-0.05, 0) is 23.8 Å². The van der Waals surface area contributed by atoms with Gasteiger partial charge in [-0.15, -0.1) is 24.0 Å². The molecular weight excluding hydrogens is 423 g/mol. The quantitative estimate of drug-likeness (QED) is 0.435. The van der Waals surface area contributed by atoms with Crippen LogP contribution in [-0.2, 0) is 13.0 Å². The highest BCUT2D eigenvalue weighted by molar-refractivity contribution is 14.0. The number of guanidine groups is 1. The summed E-state index contributed by atoms with van der Waals surface area (Å²) in [5.41, 5.74) is 2.15. The van der Waals surface area contributed by atoms with E-state index in [1.54, 1.807) is 7.05 Å². The lowest BCUT2D eigenvalue weighted by molar-refractivity contribution is 0.477. The molecule has 0 amide bonds. The largest absolute Gasteiger partial charge is 0.356 e. The van der Waals surface area contributed by atoms with Crippen molar-refractivity contribution in [2.24, 2.45) is 4.99 Å². The van der Waals surface area contributed by atoms with Gasteiger partial charge in [0.1, 0.15) is 0 Å². The molecule has 2 aromatic rings. The fourth-order valence-corrected chi connectivity index (χ4v) is 2.39. The van der Waals surface area contributed by atoms with Crippen molar-refractivity contribution < 1.29 is 0 Å². The van der Waals surface area contributed by atoms with E-state index >= 15 is 0 Å². The minimum Gasteiger partial charge on any atom is -0.356 e. The van der Waals surface area contributed by atoms with Gasteiger partial charge in [0.25, 0.3) is 0 Å². The van der Waals surface area contributed by atoms with Crippen molar-refractivity contribution in [2.45, 2.75) is 13.0 Å². The SMILES string of the molecule is CN=C(NCCc1ccccn1)N(C)Cc1ccccc1Cl.I. The van der Waals surface area contributed by atoms with E-state index < -0.39 is 0 Å². The minimum atomic E-state index is 0. The first-order valence-electron chi connectivity index (χ1n) is 7.26. The molecule has 4 nitrogen and oxygen atoms in total. The van der Waals surface area contributed by atoms with E-state index in [0.29, 0.717) is 6.54 Å². The first-order chi connectivity index (χ1) is 10.7. The summed E-state index contributed by atoms with van der Waals surface area (Å²) in [6.45, 7) is 1.50. The molecule has 0 bridgehead atoms. The van der Waals surface area contributed by atoms with Crippen LogP contribution >= 0.6 is 35.6 Å². The Morgan fingerprint density at radius 3 is 2.61 bits per heavy atom. The van der Waals surface area contributed by atoms with E-state index in [4.69, 9.17) is 11.6 Å². The third-order valence-electron chi connectivity index (χ3n) is 3.33. The zero-order valence-electron chi connectivity index (χ0n) is 13.4. The number of rotatable bonds is 5. The fourth-order valence-electron chi connectivity index (χ4n) is 2.19. The predicted octanol–water partition coefficient (Wildman–Crippen LogP) is 3.60. The van der Waals surface area contributed by atoms with Crippen molar-refractivity contribution in [2.75, 3.05) is 20.6 Å². The van der Waals surface area contributed by atoms with Crippen molar-refractivity contribution in [3.05, 3.63) is 64.9 Å². The molecule has 6 heteroatoms. The van der Waals surface area contributed by atoms with E-state index in [1.165, 1.54) is 0 Å². The van der Waals surface area contributed by atoms with Gasteiger partial charge in [-0.2, -0.15) is 0 Å². The lowest BCUT2D eigenvalue weighted by atomic mass is 10.2. The minimum absolute atomic E-state index is 0. The van der Waals surface area contributed by atoms with Gasteiger partial charge >= 0.3 is 0 Å². The van der Waals surface area contributed by atoms with Crippen LogP contribution in [0.3, 0.4) is 0 Å². The van der Waals surface area contributed by atoms with Crippen LogP contribution in [0.1, 0.15) is 11.3 Å². The van der Waals surface area contributed by atoms with Gasteiger partial charge in [-0.25, -0.2) is 0 Å². The molecule has 0 radical (unpaired) electrons. The summed E-state index contributed by atoms with van der Waals surface area (Å²) in [6.07, 6.45) is 2.67. The number of halogens is 2. The second-order valence-electron chi connectivity index (χ2n) is 4.99. The molecule has 0 atom stereocenters. The van der Waals surface area contributed by atoms with Gasteiger partial charge < -0.3 is 10.2 Å². The van der Waals surface area contributed by atoms with E-state index in [-0.39, 0.29) is 24.0 Å². The van der Waals surface area contributed by atoms with Gasteiger partial charge in [0, 0.05) is 50.5 Å². The molecule has 1 N–H and O–H groups in total. The van der Waals surface area contributed by atoms with Crippen LogP contribution in [0.25, 0.3) is 0 Å². The summed E-state index contributed by atoms with van der Waals surface area (Å²) in [5, 5.41) is 4.13. The molecule has 0 saturated heterocycles. The molecule has 0 unspecified atom stereocenters. The monoisotopic (exact) mass is 444 g/mol. The Bertz CT molecular complexity index is 619. The zero-order valence-corrected chi connectivity index (χ0v) is 16.5. The normalized spacial score (nSPS) is 10.8. The number of aromatic nitrogens is 1. The summed E-state index contributed by atoms with van der Waals surface area (Å²) in [4.78, 5) is 10.7. The van der Waals surface area contributed by atoms with Crippen molar-refractivity contribution in [3.63, 3.8) is 0 Å². The van der Waals surface area contributed by atoms with Crippen molar-refractivity contribution in [3.8, 4) is 0 Å². The van der Waals surface area contributed by atoms with E-state index in [1.807, 2.05) is 55.7 Å². The number of benzene rings is 1. The molecule has 0 saturated carbocycles. The predicted molar refractivity (Wildman–Crippen MR) is 108 cm³/mol. The molecule has 124 valence electrons. The maximum atomic E-state index is 6.21. The Labute approximate surface area is 160 Å². The molecule has 1 aromatic carbocycles. The van der Waals surface area contributed by atoms with Gasteiger partial charge in [0.05, 0.1) is 0 Å². The Balaban J connectivity index is 0.00000264. The molecule has 0 spiro atoms. The van der Waals surface area contributed by atoms with E-state index in [9.17, 15) is 0 Å². The second-order valence-corrected chi connectivity index (χ2v) is 5.40. The van der Waals surface area contributed by atoms with Crippen LogP contribution in [-0.4, -0.2) is 36.5 Å². The van der Waals surface area contributed by atoms with Crippen LogP contribution in [0.15, 0.2) is 53.7 Å². The van der Waals surface area contributed by atoms with Gasteiger partial charge in [0.2, 0.25) is 0 Å². The number of nitrogens with one attached hydrogen (secondary N) is 1. The highest BCUT2D eigenvalue weighted by Crippen LogP contribution is 2.16. The number of hydrogen-bond donors (Lipinski definition) is 1. The number of pyridine rings is 1. The average molecular weight is 445 g/mol. The number of nitrogens with zero attached hydrogens (tertiary/aromatic N) is 3.